The molecule has 1 rings (SSSR count). The van der Waals surface area contributed by atoms with Crippen molar-refractivity contribution in [2.45, 2.75) is 26.1 Å². The summed E-state index contributed by atoms with van der Waals surface area (Å²) in [6.45, 7) is 2.00. The fraction of sp³-hybridized carbons (Fsp3) is 0.444. The molecule has 4 N–H and O–H groups in total. The van der Waals surface area contributed by atoms with E-state index in [1.54, 1.807) is 6.92 Å². The highest BCUT2D eigenvalue weighted by Gasteiger charge is 2.13. The molecule has 16 heavy (non-hydrogen) atoms. The summed E-state index contributed by atoms with van der Waals surface area (Å²) < 4.78 is 2.24. The van der Waals surface area contributed by atoms with Gasteiger partial charge in [-0.1, -0.05) is 0 Å². The molecule has 0 spiro atoms. The van der Waals surface area contributed by atoms with E-state index in [9.17, 15) is 14.4 Å². The highest BCUT2D eigenvalue weighted by molar-refractivity contribution is 5.79. The topological polar surface area (TPSA) is 113 Å². The van der Waals surface area contributed by atoms with Gasteiger partial charge in [0.05, 0.1) is 6.54 Å². The fourth-order valence-electron chi connectivity index (χ4n) is 1.25. The summed E-state index contributed by atoms with van der Waals surface area (Å²) in [6.07, 6.45) is 1.40. The van der Waals surface area contributed by atoms with E-state index in [4.69, 9.17) is 11.5 Å². The van der Waals surface area contributed by atoms with Crippen molar-refractivity contribution in [2.24, 2.45) is 11.5 Å². The third-order valence-electron chi connectivity index (χ3n) is 2.23. The maximum absolute atomic E-state index is 11.7. The van der Waals surface area contributed by atoms with Gasteiger partial charge in [-0.2, -0.15) is 0 Å². The molecule has 0 aliphatic carbocycles. The molecule has 1 unspecified atom stereocenters. The Bertz CT molecular complexity index is 502. The summed E-state index contributed by atoms with van der Waals surface area (Å²) in [4.78, 5) is 33.9. The maximum atomic E-state index is 11.7. The number of amides is 1. The van der Waals surface area contributed by atoms with Crippen molar-refractivity contribution in [1.29, 1.82) is 0 Å². The molecule has 1 aromatic rings. The first-order valence-corrected chi connectivity index (χ1v) is 4.82. The Morgan fingerprint density at radius 2 is 2.12 bits per heavy atom. The number of nitrogens with zero attached hydrogens (tertiary/aromatic N) is 2. The quantitative estimate of drug-likeness (QED) is 0.608. The van der Waals surface area contributed by atoms with E-state index in [2.05, 4.69) is 0 Å². The van der Waals surface area contributed by atoms with Crippen molar-refractivity contribution < 1.29 is 4.79 Å². The Hall–Kier alpha value is -1.89. The summed E-state index contributed by atoms with van der Waals surface area (Å²) in [5, 5.41) is 0. The first-order chi connectivity index (χ1) is 7.47. The molecule has 0 aliphatic heterocycles. The number of aromatic nitrogens is 2. The molecule has 7 nitrogen and oxygen atoms in total. The van der Waals surface area contributed by atoms with Gasteiger partial charge < -0.3 is 16.0 Å². The van der Waals surface area contributed by atoms with E-state index in [1.807, 2.05) is 0 Å². The van der Waals surface area contributed by atoms with Gasteiger partial charge in [0.2, 0.25) is 5.91 Å². The van der Waals surface area contributed by atoms with Gasteiger partial charge in [-0.25, -0.2) is 4.79 Å². The average molecular weight is 226 g/mol. The average Bonchev–Trinajstić information content (AvgIpc) is 2.24. The van der Waals surface area contributed by atoms with Gasteiger partial charge in [0.15, 0.2) is 0 Å². The standard InChI is InChI=1S/C9H14N4O3/c1-2-12-4-3-7(14)13(9(12)16)5-6(10)8(11)15/h3-4,6H,2,5,10H2,1H3,(H2,11,15). The molecule has 1 atom stereocenters. The zero-order valence-electron chi connectivity index (χ0n) is 8.92. The number of hydrogen-bond donors (Lipinski definition) is 2. The van der Waals surface area contributed by atoms with E-state index < -0.39 is 23.2 Å². The summed E-state index contributed by atoms with van der Waals surface area (Å²) in [5.41, 5.74) is 9.37. The lowest BCUT2D eigenvalue weighted by Gasteiger charge is -2.10. The summed E-state index contributed by atoms with van der Waals surface area (Å²) in [5.74, 6) is -0.752. The van der Waals surface area contributed by atoms with Gasteiger partial charge in [0.25, 0.3) is 5.56 Å². The highest BCUT2D eigenvalue weighted by atomic mass is 16.2. The van der Waals surface area contributed by atoms with Crippen LogP contribution in [0.1, 0.15) is 6.92 Å². The third kappa shape index (κ3) is 2.37. The second kappa shape index (κ2) is 4.75. The second-order valence-electron chi connectivity index (χ2n) is 3.34. The second-order valence-corrected chi connectivity index (χ2v) is 3.34. The molecular formula is C9H14N4O3. The molecule has 1 aromatic heterocycles. The zero-order chi connectivity index (χ0) is 12.3. The molecule has 88 valence electrons. The van der Waals surface area contributed by atoms with Crippen molar-refractivity contribution in [2.75, 3.05) is 0 Å². The summed E-state index contributed by atoms with van der Waals surface area (Å²) >= 11 is 0. The summed E-state index contributed by atoms with van der Waals surface area (Å²) in [7, 11) is 0. The third-order valence-corrected chi connectivity index (χ3v) is 2.23. The predicted molar refractivity (Wildman–Crippen MR) is 57.8 cm³/mol. The number of carbonyl (C=O) groups is 1. The van der Waals surface area contributed by atoms with Gasteiger partial charge in [0, 0.05) is 18.8 Å². The number of nitrogens with two attached hydrogens (primary N) is 2. The fourth-order valence-corrected chi connectivity index (χ4v) is 1.25. The number of aryl methyl sites for hydroxylation is 1. The van der Waals surface area contributed by atoms with Gasteiger partial charge in [-0.05, 0) is 6.92 Å². The molecule has 0 fully saturated rings. The molecule has 0 radical (unpaired) electrons. The largest absolute Gasteiger partial charge is 0.368 e. The Labute approximate surface area is 91.3 Å². The smallest absolute Gasteiger partial charge is 0.331 e. The lowest BCUT2D eigenvalue weighted by Crippen LogP contribution is -2.47. The lowest BCUT2D eigenvalue weighted by atomic mass is 10.3. The molecule has 0 aromatic carbocycles. The zero-order valence-corrected chi connectivity index (χ0v) is 8.92. The minimum atomic E-state index is -1.04. The van der Waals surface area contributed by atoms with Crippen LogP contribution in [0.15, 0.2) is 21.9 Å². The molecule has 0 aliphatic rings. The van der Waals surface area contributed by atoms with Crippen LogP contribution in [0.3, 0.4) is 0 Å². The number of primary amides is 1. The SMILES string of the molecule is CCn1ccc(=O)n(CC(N)C(N)=O)c1=O. The van der Waals surface area contributed by atoms with Crippen molar-refractivity contribution >= 4 is 5.91 Å². The van der Waals surface area contributed by atoms with E-state index in [1.165, 1.54) is 16.8 Å². The van der Waals surface area contributed by atoms with Crippen LogP contribution in [0.5, 0.6) is 0 Å². The van der Waals surface area contributed by atoms with Gasteiger partial charge >= 0.3 is 5.69 Å². The van der Waals surface area contributed by atoms with Crippen LogP contribution < -0.4 is 22.7 Å². The van der Waals surface area contributed by atoms with Gasteiger partial charge in [-0.3, -0.25) is 14.2 Å². The molecule has 1 heterocycles. The van der Waals surface area contributed by atoms with Crippen LogP contribution in [0, 0.1) is 0 Å². The van der Waals surface area contributed by atoms with E-state index in [-0.39, 0.29) is 6.54 Å². The van der Waals surface area contributed by atoms with E-state index >= 15 is 0 Å². The van der Waals surface area contributed by atoms with Crippen LogP contribution in [0.25, 0.3) is 0 Å². The minimum absolute atomic E-state index is 0.201. The van der Waals surface area contributed by atoms with Crippen molar-refractivity contribution in [1.82, 2.24) is 9.13 Å². The Morgan fingerprint density at radius 1 is 1.50 bits per heavy atom. The van der Waals surface area contributed by atoms with Gasteiger partial charge in [0.1, 0.15) is 6.04 Å². The lowest BCUT2D eigenvalue weighted by molar-refractivity contribution is -0.119. The van der Waals surface area contributed by atoms with Crippen LogP contribution in [0.2, 0.25) is 0 Å². The molecule has 0 bridgehead atoms. The molecule has 7 heteroatoms. The number of hydrogen-bond acceptors (Lipinski definition) is 4. The maximum Gasteiger partial charge on any atom is 0.331 e. The van der Waals surface area contributed by atoms with Crippen molar-refractivity contribution in [3.63, 3.8) is 0 Å². The number of rotatable bonds is 4. The first-order valence-electron chi connectivity index (χ1n) is 4.82. The van der Waals surface area contributed by atoms with E-state index in [0.717, 1.165) is 4.57 Å². The molecule has 1 amide bonds. The molecular weight excluding hydrogens is 212 g/mol. The monoisotopic (exact) mass is 226 g/mol. The Balaban J connectivity index is 3.18. The van der Waals surface area contributed by atoms with Crippen molar-refractivity contribution in [3.8, 4) is 0 Å². The normalized spacial score (nSPS) is 12.4. The minimum Gasteiger partial charge on any atom is -0.368 e. The van der Waals surface area contributed by atoms with Crippen LogP contribution in [0.4, 0.5) is 0 Å². The Kier molecular flexibility index (Phi) is 3.62. The van der Waals surface area contributed by atoms with Crippen LogP contribution >= 0.6 is 0 Å². The van der Waals surface area contributed by atoms with E-state index in [0.29, 0.717) is 6.54 Å². The highest BCUT2D eigenvalue weighted by Crippen LogP contribution is 1.83. The van der Waals surface area contributed by atoms with Gasteiger partial charge in [-0.15, -0.1) is 0 Å². The number of carbonyl (C=O) groups excluding carboxylic acids is 1. The molecule has 0 saturated carbocycles. The summed E-state index contributed by atoms with van der Waals surface area (Å²) in [6, 6.07) is 0.205. The van der Waals surface area contributed by atoms with Crippen LogP contribution in [-0.4, -0.2) is 21.1 Å². The van der Waals surface area contributed by atoms with Crippen molar-refractivity contribution in [3.05, 3.63) is 33.1 Å². The predicted octanol–water partition coefficient (Wildman–Crippen LogP) is -2.16. The van der Waals surface area contributed by atoms with Crippen LogP contribution in [-0.2, 0) is 17.9 Å². The Morgan fingerprint density at radius 3 is 2.62 bits per heavy atom. The first kappa shape index (κ1) is 12.2. The molecule has 0 saturated heterocycles.